The molecule has 1 atom stereocenters. The highest BCUT2D eigenvalue weighted by molar-refractivity contribution is 7.99. The quantitative estimate of drug-likeness (QED) is 0.721. The first-order valence-electron chi connectivity index (χ1n) is 7.65. The van der Waals surface area contributed by atoms with Crippen LogP contribution in [0.3, 0.4) is 0 Å². The molecule has 0 unspecified atom stereocenters. The molecule has 0 bridgehead atoms. The molecule has 23 heavy (non-hydrogen) atoms. The number of aromatic nitrogens is 3. The third-order valence-corrected chi connectivity index (χ3v) is 4.52. The summed E-state index contributed by atoms with van der Waals surface area (Å²) >= 11 is 1.59. The van der Waals surface area contributed by atoms with Gasteiger partial charge in [-0.1, -0.05) is 25.6 Å². The minimum atomic E-state index is -0.00589. The average Bonchev–Trinajstić information content (AvgIpc) is 2.94. The van der Waals surface area contributed by atoms with Gasteiger partial charge in [0.05, 0.1) is 19.1 Å². The van der Waals surface area contributed by atoms with Crippen LogP contribution >= 0.6 is 11.8 Å². The fraction of sp³-hybridized carbons (Fsp3) is 0.471. The van der Waals surface area contributed by atoms with E-state index < -0.39 is 0 Å². The van der Waals surface area contributed by atoms with Crippen LogP contribution in [-0.2, 0) is 6.54 Å². The van der Waals surface area contributed by atoms with Gasteiger partial charge in [0, 0.05) is 17.9 Å². The minimum absolute atomic E-state index is 0.00589. The Labute approximate surface area is 141 Å². The first-order valence-corrected chi connectivity index (χ1v) is 8.63. The van der Waals surface area contributed by atoms with Crippen LogP contribution in [-0.4, -0.2) is 27.6 Å². The standard InChI is InChI=1S/C17H22N4OS/c1-12(2)10-21-16(14-5-7-15(22-4)8-6-14)19-20-17(21)23-11-13(3)9-18/h5-8,12-13H,10-11H2,1-4H3/t13-/m0/s1. The highest BCUT2D eigenvalue weighted by Crippen LogP contribution is 2.27. The van der Waals surface area contributed by atoms with Crippen molar-refractivity contribution in [3.63, 3.8) is 0 Å². The molecule has 0 saturated heterocycles. The zero-order valence-corrected chi connectivity index (χ0v) is 14.8. The zero-order chi connectivity index (χ0) is 16.8. The summed E-state index contributed by atoms with van der Waals surface area (Å²) in [5.74, 6) is 2.87. The third kappa shape index (κ3) is 4.49. The van der Waals surface area contributed by atoms with E-state index in [0.29, 0.717) is 5.92 Å². The Kier molecular flexibility index (Phi) is 6.05. The molecule has 0 N–H and O–H groups in total. The molecule has 5 nitrogen and oxygen atoms in total. The van der Waals surface area contributed by atoms with Crippen LogP contribution in [0, 0.1) is 23.2 Å². The summed E-state index contributed by atoms with van der Waals surface area (Å²) in [5, 5.41) is 18.5. The number of hydrogen-bond acceptors (Lipinski definition) is 5. The SMILES string of the molecule is COc1ccc(-c2nnc(SC[C@@H](C)C#N)n2CC(C)C)cc1. The summed E-state index contributed by atoms with van der Waals surface area (Å²) < 4.78 is 7.34. The maximum absolute atomic E-state index is 8.94. The van der Waals surface area contributed by atoms with Crippen LogP contribution in [0.15, 0.2) is 29.4 Å². The Morgan fingerprint density at radius 1 is 1.22 bits per heavy atom. The number of rotatable bonds is 7. The van der Waals surface area contributed by atoms with Crippen molar-refractivity contribution in [2.45, 2.75) is 32.5 Å². The Bertz CT molecular complexity index is 673. The van der Waals surface area contributed by atoms with Crippen LogP contribution in [0.2, 0.25) is 0 Å². The van der Waals surface area contributed by atoms with Crippen molar-refractivity contribution in [1.29, 1.82) is 5.26 Å². The molecule has 1 aromatic carbocycles. The molecule has 0 aliphatic rings. The van der Waals surface area contributed by atoms with Crippen molar-refractivity contribution < 1.29 is 4.74 Å². The maximum Gasteiger partial charge on any atom is 0.191 e. The lowest BCUT2D eigenvalue weighted by molar-refractivity contribution is 0.415. The highest BCUT2D eigenvalue weighted by atomic mass is 32.2. The van der Waals surface area contributed by atoms with Crippen molar-refractivity contribution in [1.82, 2.24) is 14.8 Å². The zero-order valence-electron chi connectivity index (χ0n) is 14.0. The van der Waals surface area contributed by atoms with E-state index in [4.69, 9.17) is 10.00 Å². The lowest BCUT2D eigenvalue weighted by Crippen LogP contribution is -2.08. The molecule has 1 aromatic heterocycles. The van der Waals surface area contributed by atoms with Gasteiger partial charge < -0.3 is 9.30 Å². The van der Waals surface area contributed by atoms with E-state index in [2.05, 4.69) is 34.7 Å². The van der Waals surface area contributed by atoms with E-state index >= 15 is 0 Å². The molecule has 0 amide bonds. The van der Waals surface area contributed by atoms with Crippen LogP contribution in [0.25, 0.3) is 11.4 Å². The van der Waals surface area contributed by atoms with Gasteiger partial charge in [0.2, 0.25) is 0 Å². The van der Waals surface area contributed by atoms with Crippen LogP contribution in [0.4, 0.5) is 0 Å². The average molecular weight is 330 g/mol. The van der Waals surface area contributed by atoms with E-state index in [1.807, 2.05) is 31.2 Å². The van der Waals surface area contributed by atoms with Crippen molar-refractivity contribution in [2.75, 3.05) is 12.9 Å². The maximum atomic E-state index is 8.94. The van der Waals surface area contributed by atoms with Gasteiger partial charge in [-0.15, -0.1) is 10.2 Å². The minimum Gasteiger partial charge on any atom is -0.497 e. The second-order valence-corrected chi connectivity index (χ2v) is 6.87. The molecule has 2 aromatic rings. The monoisotopic (exact) mass is 330 g/mol. The Hall–Kier alpha value is -2.00. The van der Waals surface area contributed by atoms with E-state index in [-0.39, 0.29) is 5.92 Å². The molecule has 0 saturated carbocycles. The summed E-state index contributed by atoms with van der Waals surface area (Å²) in [6.45, 7) is 7.10. The first kappa shape index (κ1) is 17.4. The summed E-state index contributed by atoms with van der Waals surface area (Å²) in [4.78, 5) is 0. The van der Waals surface area contributed by atoms with E-state index in [0.717, 1.165) is 34.6 Å². The number of nitrogens with zero attached hydrogens (tertiary/aromatic N) is 4. The molecule has 0 aliphatic carbocycles. The lowest BCUT2D eigenvalue weighted by atomic mass is 10.2. The number of nitriles is 1. The summed E-state index contributed by atoms with van der Waals surface area (Å²) in [6, 6.07) is 10.1. The molecule has 2 rings (SSSR count). The molecule has 0 spiro atoms. The van der Waals surface area contributed by atoms with Crippen LogP contribution < -0.4 is 4.74 Å². The van der Waals surface area contributed by atoms with Gasteiger partial charge in [-0.3, -0.25) is 0 Å². The molecule has 0 aliphatic heterocycles. The second kappa shape index (κ2) is 8.02. The molecule has 6 heteroatoms. The summed E-state index contributed by atoms with van der Waals surface area (Å²) in [5.41, 5.74) is 1.01. The van der Waals surface area contributed by atoms with Crippen molar-refractivity contribution in [3.8, 4) is 23.2 Å². The highest BCUT2D eigenvalue weighted by Gasteiger charge is 2.16. The molecule has 0 radical (unpaired) electrons. The van der Waals surface area contributed by atoms with Crippen molar-refractivity contribution >= 4 is 11.8 Å². The van der Waals surface area contributed by atoms with Gasteiger partial charge in [0.25, 0.3) is 0 Å². The predicted molar refractivity (Wildman–Crippen MR) is 92.3 cm³/mol. The largest absolute Gasteiger partial charge is 0.497 e. The first-order chi connectivity index (χ1) is 11.0. The van der Waals surface area contributed by atoms with E-state index in [9.17, 15) is 0 Å². The van der Waals surface area contributed by atoms with E-state index in [1.54, 1.807) is 18.9 Å². The predicted octanol–water partition coefficient (Wildman–Crippen LogP) is 3.86. The molecule has 122 valence electrons. The van der Waals surface area contributed by atoms with Gasteiger partial charge >= 0.3 is 0 Å². The van der Waals surface area contributed by atoms with Gasteiger partial charge in [0.15, 0.2) is 11.0 Å². The number of methoxy groups -OCH3 is 1. The van der Waals surface area contributed by atoms with Crippen molar-refractivity contribution in [2.24, 2.45) is 11.8 Å². The van der Waals surface area contributed by atoms with Gasteiger partial charge in [0.1, 0.15) is 5.75 Å². The number of benzene rings is 1. The fourth-order valence-electron chi connectivity index (χ4n) is 2.12. The second-order valence-electron chi connectivity index (χ2n) is 5.88. The van der Waals surface area contributed by atoms with Crippen LogP contribution in [0.5, 0.6) is 5.75 Å². The Morgan fingerprint density at radius 3 is 2.48 bits per heavy atom. The number of thioether (sulfide) groups is 1. The van der Waals surface area contributed by atoms with E-state index in [1.165, 1.54) is 0 Å². The normalized spacial score (nSPS) is 12.2. The topological polar surface area (TPSA) is 63.7 Å². The fourth-order valence-corrected chi connectivity index (χ4v) is 3.00. The lowest BCUT2D eigenvalue weighted by Gasteiger charge is -2.13. The summed E-state index contributed by atoms with van der Waals surface area (Å²) in [6.07, 6.45) is 0. The number of ether oxygens (including phenoxy) is 1. The molecular formula is C17H22N4OS. The number of hydrogen-bond donors (Lipinski definition) is 0. The smallest absolute Gasteiger partial charge is 0.191 e. The molecule has 0 fully saturated rings. The van der Waals surface area contributed by atoms with Gasteiger partial charge in [-0.2, -0.15) is 5.26 Å². The molecule has 1 heterocycles. The Balaban J connectivity index is 2.31. The summed E-state index contributed by atoms with van der Waals surface area (Å²) in [7, 11) is 1.65. The Morgan fingerprint density at radius 2 is 1.91 bits per heavy atom. The van der Waals surface area contributed by atoms with Crippen LogP contribution in [0.1, 0.15) is 20.8 Å². The van der Waals surface area contributed by atoms with Gasteiger partial charge in [-0.05, 0) is 37.1 Å². The third-order valence-electron chi connectivity index (χ3n) is 3.30. The molecular weight excluding hydrogens is 308 g/mol. The van der Waals surface area contributed by atoms with Crippen molar-refractivity contribution in [3.05, 3.63) is 24.3 Å². The van der Waals surface area contributed by atoms with Gasteiger partial charge in [-0.25, -0.2) is 0 Å².